The van der Waals surface area contributed by atoms with Crippen molar-refractivity contribution >= 4 is 32.9 Å². The number of thioether (sulfide) groups is 1. The second-order valence-corrected chi connectivity index (χ2v) is 8.74. The minimum Gasteiger partial charge on any atom is -0.287 e. The summed E-state index contributed by atoms with van der Waals surface area (Å²) in [6.07, 6.45) is 6.05. The number of aryl methyl sites for hydroxylation is 1. The van der Waals surface area contributed by atoms with E-state index in [-0.39, 0.29) is 22.6 Å². The van der Waals surface area contributed by atoms with Crippen LogP contribution in [0.15, 0.2) is 33.6 Å². The van der Waals surface area contributed by atoms with Crippen molar-refractivity contribution in [3.05, 3.63) is 29.8 Å². The molecule has 2 aliphatic rings. The molecule has 1 aliphatic heterocycles. The molecular formula is C17H22N2O3S2. The van der Waals surface area contributed by atoms with Crippen molar-refractivity contribution in [1.82, 2.24) is 4.90 Å². The highest BCUT2D eigenvalue weighted by Gasteiger charge is 2.36. The van der Waals surface area contributed by atoms with E-state index in [1.807, 2.05) is 6.92 Å². The maximum absolute atomic E-state index is 12.6. The predicted octanol–water partition coefficient (Wildman–Crippen LogP) is 3.20. The summed E-state index contributed by atoms with van der Waals surface area (Å²) in [4.78, 5) is 14.0. The van der Waals surface area contributed by atoms with Crippen LogP contribution in [0.3, 0.4) is 0 Å². The van der Waals surface area contributed by atoms with Crippen molar-refractivity contribution in [3.63, 3.8) is 0 Å². The van der Waals surface area contributed by atoms with Gasteiger partial charge in [-0.25, -0.2) is 0 Å². The molecule has 2 fully saturated rings. The highest BCUT2D eigenvalue weighted by molar-refractivity contribution is 8.15. The zero-order chi connectivity index (χ0) is 17.2. The summed E-state index contributed by atoms with van der Waals surface area (Å²) >= 11 is 1.23. The van der Waals surface area contributed by atoms with Gasteiger partial charge in [0.1, 0.15) is 0 Å². The third-order valence-corrected chi connectivity index (χ3v) is 6.90. The van der Waals surface area contributed by atoms with E-state index in [1.165, 1.54) is 18.2 Å². The van der Waals surface area contributed by atoms with E-state index in [0.29, 0.717) is 5.17 Å². The van der Waals surface area contributed by atoms with E-state index in [0.717, 1.165) is 37.7 Å². The van der Waals surface area contributed by atoms with E-state index in [4.69, 9.17) is 0 Å². The molecule has 0 bridgehead atoms. The number of benzene rings is 1. The molecule has 0 unspecified atom stereocenters. The van der Waals surface area contributed by atoms with Crippen molar-refractivity contribution < 1.29 is 13.2 Å². The Labute approximate surface area is 147 Å². The van der Waals surface area contributed by atoms with Crippen molar-refractivity contribution in [2.24, 2.45) is 4.40 Å². The van der Waals surface area contributed by atoms with Crippen LogP contribution in [0.4, 0.5) is 0 Å². The fourth-order valence-corrected chi connectivity index (χ4v) is 5.36. The number of amides is 1. The minimum atomic E-state index is -3.79. The van der Waals surface area contributed by atoms with Crippen molar-refractivity contribution in [3.8, 4) is 0 Å². The Kier molecular flexibility index (Phi) is 5.30. The number of carbonyl (C=O) groups is 1. The van der Waals surface area contributed by atoms with Gasteiger partial charge in [0.25, 0.3) is 10.0 Å². The van der Waals surface area contributed by atoms with Gasteiger partial charge >= 0.3 is 0 Å². The molecule has 1 amide bonds. The molecule has 0 atom stereocenters. The topological polar surface area (TPSA) is 66.8 Å². The average Bonchev–Trinajstić information content (AvgIpc) is 2.95. The number of amidine groups is 1. The minimum absolute atomic E-state index is 0.0258. The summed E-state index contributed by atoms with van der Waals surface area (Å²) in [6.45, 7) is 2.02. The van der Waals surface area contributed by atoms with Gasteiger partial charge in [0, 0.05) is 6.04 Å². The summed E-state index contributed by atoms with van der Waals surface area (Å²) in [5.41, 5.74) is 1.08. The van der Waals surface area contributed by atoms with Gasteiger partial charge in [-0.2, -0.15) is 8.42 Å². The van der Waals surface area contributed by atoms with Crippen LogP contribution in [0.25, 0.3) is 0 Å². The second kappa shape index (κ2) is 7.27. The maximum atomic E-state index is 12.6. The first kappa shape index (κ1) is 17.5. The number of sulfonamides is 1. The quantitative estimate of drug-likeness (QED) is 0.821. The molecule has 1 aliphatic carbocycles. The lowest BCUT2D eigenvalue weighted by Crippen LogP contribution is -2.41. The van der Waals surface area contributed by atoms with Crippen LogP contribution in [-0.2, 0) is 21.2 Å². The first-order chi connectivity index (χ1) is 11.5. The van der Waals surface area contributed by atoms with Crippen molar-refractivity contribution in [2.75, 3.05) is 5.75 Å². The molecule has 7 heteroatoms. The van der Waals surface area contributed by atoms with Crippen LogP contribution >= 0.6 is 11.8 Å². The second-order valence-electron chi connectivity index (χ2n) is 6.19. The zero-order valence-electron chi connectivity index (χ0n) is 13.8. The maximum Gasteiger partial charge on any atom is 0.284 e. The highest BCUT2D eigenvalue weighted by Crippen LogP contribution is 2.31. The van der Waals surface area contributed by atoms with Crippen molar-refractivity contribution in [1.29, 1.82) is 0 Å². The van der Waals surface area contributed by atoms with Gasteiger partial charge in [-0.1, -0.05) is 50.1 Å². The third kappa shape index (κ3) is 3.67. The van der Waals surface area contributed by atoms with Gasteiger partial charge < -0.3 is 0 Å². The number of hydrogen-bond acceptors (Lipinski definition) is 4. The normalized spacial score (nSPS) is 21.6. The Morgan fingerprint density at radius 3 is 2.46 bits per heavy atom. The lowest BCUT2D eigenvalue weighted by Gasteiger charge is -2.30. The number of rotatable bonds is 4. The molecule has 130 valence electrons. The fraction of sp³-hybridized carbons (Fsp3) is 0.529. The lowest BCUT2D eigenvalue weighted by molar-refractivity contribution is -0.126. The predicted molar refractivity (Wildman–Crippen MR) is 96.6 cm³/mol. The van der Waals surface area contributed by atoms with E-state index >= 15 is 0 Å². The van der Waals surface area contributed by atoms with Crippen LogP contribution in [-0.4, -0.2) is 36.2 Å². The van der Waals surface area contributed by atoms with E-state index in [9.17, 15) is 13.2 Å². The number of carbonyl (C=O) groups excluding carboxylic acids is 1. The molecule has 5 nitrogen and oxygen atoms in total. The number of nitrogens with zero attached hydrogens (tertiary/aromatic N) is 2. The van der Waals surface area contributed by atoms with Gasteiger partial charge in [0.05, 0.1) is 10.6 Å². The van der Waals surface area contributed by atoms with E-state index < -0.39 is 10.0 Å². The summed E-state index contributed by atoms with van der Waals surface area (Å²) in [5.74, 6) is 0.252. The summed E-state index contributed by atoms with van der Waals surface area (Å²) in [5, 5.41) is 0.339. The molecule has 0 radical (unpaired) electrons. The Balaban J connectivity index is 1.88. The summed E-state index contributed by atoms with van der Waals surface area (Å²) in [7, 11) is -3.79. The van der Waals surface area contributed by atoms with Crippen LogP contribution in [0.2, 0.25) is 0 Å². The molecule has 0 N–H and O–H groups in total. The van der Waals surface area contributed by atoms with Gasteiger partial charge in [-0.3, -0.25) is 9.69 Å². The van der Waals surface area contributed by atoms with Crippen LogP contribution in [0.5, 0.6) is 0 Å². The van der Waals surface area contributed by atoms with Gasteiger partial charge in [-0.05, 0) is 37.0 Å². The smallest absolute Gasteiger partial charge is 0.284 e. The Hall–Kier alpha value is -1.34. The fourth-order valence-electron chi connectivity index (χ4n) is 3.19. The molecular weight excluding hydrogens is 344 g/mol. The Bertz CT molecular complexity index is 736. The summed E-state index contributed by atoms with van der Waals surface area (Å²) < 4.78 is 29.2. The largest absolute Gasteiger partial charge is 0.287 e. The van der Waals surface area contributed by atoms with Gasteiger partial charge in [0.2, 0.25) is 5.91 Å². The molecule has 1 saturated heterocycles. The molecule has 1 heterocycles. The number of hydrogen-bond donors (Lipinski definition) is 0. The molecule has 0 aromatic heterocycles. The Morgan fingerprint density at radius 1 is 1.17 bits per heavy atom. The summed E-state index contributed by atoms with van der Waals surface area (Å²) in [6, 6.07) is 6.88. The molecule has 0 spiro atoms. The highest BCUT2D eigenvalue weighted by atomic mass is 32.2. The monoisotopic (exact) mass is 366 g/mol. The van der Waals surface area contributed by atoms with Crippen LogP contribution < -0.4 is 0 Å². The molecule has 24 heavy (non-hydrogen) atoms. The molecule has 1 aromatic rings. The first-order valence-corrected chi connectivity index (χ1v) is 10.8. The molecule has 3 rings (SSSR count). The molecule has 1 aromatic carbocycles. The van der Waals surface area contributed by atoms with Crippen LogP contribution in [0, 0.1) is 0 Å². The van der Waals surface area contributed by atoms with Gasteiger partial charge in [0.15, 0.2) is 5.17 Å². The van der Waals surface area contributed by atoms with E-state index in [2.05, 4.69) is 4.40 Å². The lowest BCUT2D eigenvalue weighted by atomic mass is 9.94. The van der Waals surface area contributed by atoms with E-state index in [1.54, 1.807) is 29.2 Å². The third-order valence-electron chi connectivity index (χ3n) is 4.57. The van der Waals surface area contributed by atoms with Gasteiger partial charge in [-0.15, -0.1) is 4.40 Å². The SMILES string of the molecule is CCc1ccc(S(=O)(=O)N=C2SCC(=O)N2C2CCCCC2)cc1. The Morgan fingerprint density at radius 2 is 1.83 bits per heavy atom. The van der Waals surface area contributed by atoms with Crippen LogP contribution in [0.1, 0.15) is 44.6 Å². The molecule has 1 saturated carbocycles. The standard InChI is InChI=1S/C17H22N2O3S2/c1-2-13-8-10-15(11-9-13)24(21,22)18-17-19(16(20)12-23-17)14-6-4-3-5-7-14/h8-11,14H,2-7,12H2,1H3. The average molecular weight is 367 g/mol. The van der Waals surface area contributed by atoms with Crippen molar-refractivity contribution in [2.45, 2.75) is 56.4 Å². The first-order valence-electron chi connectivity index (χ1n) is 8.40. The zero-order valence-corrected chi connectivity index (χ0v) is 15.4.